The summed E-state index contributed by atoms with van der Waals surface area (Å²) in [7, 11) is 1.63. The number of carbonyl (C=O) groups is 2. The summed E-state index contributed by atoms with van der Waals surface area (Å²) < 4.78 is 9.77. The number of methoxy groups -OCH3 is 1. The Morgan fingerprint density at radius 1 is 1.18 bits per heavy atom. The predicted molar refractivity (Wildman–Crippen MR) is 64.6 cm³/mol. The number of carbonyl (C=O) groups excluding carboxylic acids is 2. The van der Waals surface area contributed by atoms with Gasteiger partial charge in [-0.2, -0.15) is 0 Å². The fourth-order valence-corrected chi connectivity index (χ4v) is 1.44. The lowest BCUT2D eigenvalue weighted by atomic mass is 10.3. The van der Waals surface area contributed by atoms with Crippen molar-refractivity contribution in [1.82, 2.24) is 4.90 Å². The second kappa shape index (κ2) is 10.1. The van der Waals surface area contributed by atoms with Crippen LogP contribution in [0.5, 0.6) is 0 Å². The number of esters is 1. The second-order valence-corrected chi connectivity index (χ2v) is 3.64. The summed E-state index contributed by atoms with van der Waals surface area (Å²) in [5.74, 6) is -0.196. The summed E-state index contributed by atoms with van der Waals surface area (Å²) in [6, 6.07) is 0. The van der Waals surface area contributed by atoms with Gasteiger partial charge in [-0.3, -0.25) is 9.59 Å². The van der Waals surface area contributed by atoms with E-state index in [1.165, 1.54) is 0 Å². The van der Waals surface area contributed by atoms with Crippen molar-refractivity contribution in [2.24, 2.45) is 0 Å². The van der Waals surface area contributed by atoms with Crippen LogP contribution in [0.15, 0.2) is 0 Å². The Hall–Kier alpha value is -1.10. The van der Waals surface area contributed by atoms with Gasteiger partial charge in [0.15, 0.2) is 0 Å². The zero-order valence-electron chi connectivity index (χ0n) is 11.0. The van der Waals surface area contributed by atoms with Crippen LogP contribution in [0.4, 0.5) is 0 Å². The average Bonchev–Trinajstić information content (AvgIpc) is 2.33. The molecule has 0 bridgehead atoms. The van der Waals surface area contributed by atoms with Gasteiger partial charge in [0, 0.05) is 33.2 Å². The standard InChI is InChI=1S/C12H23NO4/c1-4-11(14)13(8-6-10-16-3)9-7-12(15)17-5-2/h4-10H2,1-3H3. The summed E-state index contributed by atoms with van der Waals surface area (Å²) in [4.78, 5) is 24.5. The molecule has 0 radical (unpaired) electrons. The van der Waals surface area contributed by atoms with E-state index in [9.17, 15) is 9.59 Å². The molecule has 0 atom stereocenters. The highest BCUT2D eigenvalue weighted by molar-refractivity contribution is 5.77. The highest BCUT2D eigenvalue weighted by atomic mass is 16.5. The van der Waals surface area contributed by atoms with Gasteiger partial charge in [0.2, 0.25) is 5.91 Å². The van der Waals surface area contributed by atoms with E-state index >= 15 is 0 Å². The average molecular weight is 245 g/mol. The maximum absolute atomic E-state index is 11.6. The van der Waals surface area contributed by atoms with Crippen LogP contribution in [0.2, 0.25) is 0 Å². The number of ether oxygens (including phenoxy) is 2. The van der Waals surface area contributed by atoms with Crippen molar-refractivity contribution in [3.8, 4) is 0 Å². The van der Waals surface area contributed by atoms with Crippen LogP contribution < -0.4 is 0 Å². The van der Waals surface area contributed by atoms with Gasteiger partial charge in [-0.1, -0.05) is 6.92 Å². The highest BCUT2D eigenvalue weighted by Gasteiger charge is 2.13. The SMILES string of the molecule is CCOC(=O)CCN(CCCOC)C(=O)CC. The molecule has 0 aliphatic rings. The van der Waals surface area contributed by atoms with E-state index in [1.54, 1.807) is 18.9 Å². The molecule has 5 nitrogen and oxygen atoms in total. The van der Waals surface area contributed by atoms with E-state index in [2.05, 4.69) is 0 Å². The first kappa shape index (κ1) is 15.9. The van der Waals surface area contributed by atoms with Crippen molar-refractivity contribution in [2.75, 3.05) is 33.4 Å². The molecule has 0 N–H and O–H groups in total. The minimum absolute atomic E-state index is 0.0606. The minimum atomic E-state index is -0.256. The zero-order chi connectivity index (χ0) is 13.1. The number of amides is 1. The molecule has 0 saturated carbocycles. The predicted octanol–water partition coefficient (Wildman–Crippen LogP) is 1.21. The molecule has 0 aliphatic carbocycles. The number of hydrogen-bond donors (Lipinski definition) is 0. The molecule has 0 rings (SSSR count). The lowest BCUT2D eigenvalue weighted by Crippen LogP contribution is -2.34. The third-order valence-electron chi connectivity index (χ3n) is 2.32. The minimum Gasteiger partial charge on any atom is -0.466 e. The maximum atomic E-state index is 11.6. The molecule has 0 spiro atoms. The Balaban J connectivity index is 4.01. The molecule has 0 heterocycles. The summed E-state index contributed by atoms with van der Waals surface area (Å²) in [6.45, 7) is 5.63. The van der Waals surface area contributed by atoms with Crippen LogP contribution in [-0.2, 0) is 19.1 Å². The molecule has 0 aromatic heterocycles. The monoisotopic (exact) mass is 245 g/mol. The van der Waals surface area contributed by atoms with Gasteiger partial charge >= 0.3 is 5.97 Å². The summed E-state index contributed by atoms with van der Waals surface area (Å²) in [6.07, 6.45) is 1.49. The Kier molecular flexibility index (Phi) is 9.43. The van der Waals surface area contributed by atoms with Gasteiger partial charge in [0.05, 0.1) is 13.0 Å². The van der Waals surface area contributed by atoms with Gasteiger partial charge in [-0.15, -0.1) is 0 Å². The summed E-state index contributed by atoms with van der Waals surface area (Å²) in [5, 5.41) is 0. The van der Waals surface area contributed by atoms with E-state index in [0.717, 1.165) is 6.42 Å². The van der Waals surface area contributed by atoms with Crippen molar-refractivity contribution in [2.45, 2.75) is 33.1 Å². The lowest BCUT2D eigenvalue weighted by Gasteiger charge is -2.21. The molecule has 1 amide bonds. The topological polar surface area (TPSA) is 55.8 Å². The Morgan fingerprint density at radius 3 is 2.41 bits per heavy atom. The smallest absolute Gasteiger partial charge is 0.307 e. The molecule has 0 aromatic rings. The fraction of sp³-hybridized carbons (Fsp3) is 0.833. The van der Waals surface area contributed by atoms with Gasteiger partial charge in [0.1, 0.15) is 0 Å². The maximum Gasteiger partial charge on any atom is 0.307 e. The van der Waals surface area contributed by atoms with Gasteiger partial charge in [-0.05, 0) is 13.3 Å². The molecular formula is C12H23NO4. The van der Waals surface area contributed by atoms with Crippen molar-refractivity contribution >= 4 is 11.9 Å². The Labute approximate surface area is 103 Å². The largest absolute Gasteiger partial charge is 0.466 e. The van der Waals surface area contributed by atoms with Crippen LogP contribution in [-0.4, -0.2) is 50.2 Å². The first-order valence-electron chi connectivity index (χ1n) is 6.08. The van der Waals surface area contributed by atoms with E-state index < -0.39 is 0 Å². The molecule has 0 aromatic carbocycles. The second-order valence-electron chi connectivity index (χ2n) is 3.64. The molecule has 0 unspecified atom stereocenters. The van der Waals surface area contributed by atoms with Crippen molar-refractivity contribution in [3.63, 3.8) is 0 Å². The first-order valence-corrected chi connectivity index (χ1v) is 6.08. The van der Waals surface area contributed by atoms with Crippen molar-refractivity contribution in [1.29, 1.82) is 0 Å². The molecule has 100 valence electrons. The van der Waals surface area contributed by atoms with Crippen molar-refractivity contribution < 1.29 is 19.1 Å². The van der Waals surface area contributed by atoms with Gasteiger partial charge in [-0.25, -0.2) is 0 Å². The zero-order valence-corrected chi connectivity index (χ0v) is 11.0. The van der Waals surface area contributed by atoms with Crippen molar-refractivity contribution in [3.05, 3.63) is 0 Å². The van der Waals surface area contributed by atoms with Crippen LogP contribution in [0, 0.1) is 0 Å². The molecule has 0 fully saturated rings. The lowest BCUT2D eigenvalue weighted by molar-refractivity contribution is -0.144. The van der Waals surface area contributed by atoms with E-state index in [-0.39, 0.29) is 18.3 Å². The Morgan fingerprint density at radius 2 is 1.88 bits per heavy atom. The van der Waals surface area contributed by atoms with Crippen LogP contribution in [0.3, 0.4) is 0 Å². The van der Waals surface area contributed by atoms with Gasteiger partial charge < -0.3 is 14.4 Å². The third-order valence-corrected chi connectivity index (χ3v) is 2.32. The first-order chi connectivity index (χ1) is 8.15. The van der Waals surface area contributed by atoms with Crippen LogP contribution in [0.25, 0.3) is 0 Å². The molecule has 0 saturated heterocycles. The quantitative estimate of drug-likeness (QED) is 0.452. The van der Waals surface area contributed by atoms with E-state index in [1.807, 2.05) is 6.92 Å². The molecule has 17 heavy (non-hydrogen) atoms. The molecule has 5 heteroatoms. The summed E-state index contributed by atoms with van der Waals surface area (Å²) in [5.41, 5.74) is 0. The van der Waals surface area contributed by atoms with Crippen LogP contribution in [0.1, 0.15) is 33.1 Å². The molecule has 0 aliphatic heterocycles. The number of nitrogens with zero attached hydrogens (tertiary/aromatic N) is 1. The van der Waals surface area contributed by atoms with Crippen LogP contribution >= 0.6 is 0 Å². The van der Waals surface area contributed by atoms with E-state index in [4.69, 9.17) is 9.47 Å². The van der Waals surface area contributed by atoms with Gasteiger partial charge in [0.25, 0.3) is 0 Å². The third kappa shape index (κ3) is 7.74. The highest BCUT2D eigenvalue weighted by Crippen LogP contribution is 2.00. The summed E-state index contributed by atoms with van der Waals surface area (Å²) >= 11 is 0. The Bertz CT molecular complexity index is 231. The molecular weight excluding hydrogens is 222 g/mol. The number of rotatable bonds is 9. The number of hydrogen-bond acceptors (Lipinski definition) is 4. The normalized spacial score (nSPS) is 10.1. The van der Waals surface area contributed by atoms with E-state index in [0.29, 0.717) is 32.7 Å². The fourth-order valence-electron chi connectivity index (χ4n) is 1.44.